The van der Waals surface area contributed by atoms with Gasteiger partial charge in [-0.05, 0) is 41.7 Å². The molecule has 0 aromatic heterocycles. The highest BCUT2D eigenvalue weighted by atomic mass is 79.9. The van der Waals surface area contributed by atoms with E-state index < -0.39 is 0 Å². The average Bonchev–Trinajstić information content (AvgIpc) is 2.58. The third-order valence-corrected chi connectivity index (χ3v) is 3.84. The molecule has 118 valence electrons. The van der Waals surface area contributed by atoms with Crippen LogP contribution in [-0.4, -0.2) is 19.0 Å². The van der Waals surface area contributed by atoms with E-state index in [1.165, 1.54) is 18.2 Å². The third-order valence-electron chi connectivity index (χ3n) is 3.28. The number of hydrogen-bond acceptors (Lipinski definition) is 3. The maximum absolute atomic E-state index is 5.71. The number of hydrogen-bond donors (Lipinski definition) is 0. The fourth-order valence-electron chi connectivity index (χ4n) is 2.05. The van der Waals surface area contributed by atoms with Crippen LogP contribution < -0.4 is 4.74 Å². The zero-order chi connectivity index (χ0) is 15.6. The fraction of sp³-hybridized carbons (Fsp3) is 0.333. The molecule has 2 rings (SSSR count). The summed E-state index contributed by atoms with van der Waals surface area (Å²) < 4.78 is 5.71. The van der Waals surface area contributed by atoms with Crippen LogP contribution in [0.2, 0.25) is 0 Å². The molecule has 4 heteroatoms. The third kappa shape index (κ3) is 5.44. The smallest absolute Gasteiger partial charge is 0.119 e. The van der Waals surface area contributed by atoms with Crippen LogP contribution in [0.4, 0.5) is 0 Å². The van der Waals surface area contributed by atoms with Gasteiger partial charge in [0.15, 0.2) is 0 Å². The summed E-state index contributed by atoms with van der Waals surface area (Å²) >= 11 is 3.42. The average molecular weight is 365 g/mol. The molecule has 0 aliphatic carbocycles. The first-order chi connectivity index (χ1) is 10.8. The summed E-state index contributed by atoms with van der Waals surface area (Å²) in [6, 6.07) is 16.5. The van der Waals surface area contributed by atoms with Gasteiger partial charge in [-0.2, -0.15) is 0 Å². The number of unbranched alkanes of at least 4 members (excludes halogenated alkanes) is 1. The Kier molecular flexibility index (Phi) is 7.43. The van der Waals surface area contributed by atoms with Crippen LogP contribution in [-0.2, 0) is 16.4 Å². The molecule has 3 nitrogen and oxygen atoms in total. The second-order valence-electron chi connectivity index (χ2n) is 4.89. The molecular formula is C18H21BrO3. The van der Waals surface area contributed by atoms with Gasteiger partial charge in [0.05, 0.1) is 13.7 Å². The monoisotopic (exact) mass is 364 g/mol. The standard InChI is InChI=1S/C18H21BrO3/c1-20-22-14-15-4-6-16(7-5-15)17-8-10-18(11-9-17)21-13-3-2-12-19/h4-11H,2-3,12-14H2,1H3. The molecular weight excluding hydrogens is 344 g/mol. The molecule has 2 aromatic rings. The SMILES string of the molecule is COOCc1ccc(-c2ccc(OCCCCBr)cc2)cc1. The van der Waals surface area contributed by atoms with Gasteiger partial charge < -0.3 is 4.74 Å². The van der Waals surface area contributed by atoms with Crippen molar-refractivity contribution in [2.75, 3.05) is 19.0 Å². The fourth-order valence-corrected chi connectivity index (χ4v) is 2.45. The maximum atomic E-state index is 5.71. The molecule has 0 saturated carbocycles. The predicted octanol–water partition coefficient (Wildman–Crippen LogP) is 4.99. The zero-order valence-corrected chi connectivity index (χ0v) is 14.3. The Hall–Kier alpha value is -1.36. The molecule has 0 aliphatic heterocycles. The summed E-state index contributed by atoms with van der Waals surface area (Å²) in [5.74, 6) is 0.920. The molecule has 0 unspecified atom stereocenters. The van der Waals surface area contributed by atoms with Crippen LogP contribution in [0.15, 0.2) is 48.5 Å². The molecule has 0 N–H and O–H groups in total. The lowest BCUT2D eigenvalue weighted by Crippen LogP contribution is -1.97. The Bertz CT molecular complexity index is 537. The van der Waals surface area contributed by atoms with Crippen molar-refractivity contribution < 1.29 is 14.5 Å². The molecule has 0 radical (unpaired) electrons. The minimum absolute atomic E-state index is 0.456. The molecule has 0 heterocycles. The zero-order valence-electron chi connectivity index (χ0n) is 12.8. The first-order valence-electron chi connectivity index (χ1n) is 7.37. The van der Waals surface area contributed by atoms with Gasteiger partial charge in [-0.15, -0.1) is 0 Å². The molecule has 0 saturated heterocycles. The lowest BCUT2D eigenvalue weighted by atomic mass is 10.0. The number of ether oxygens (including phenoxy) is 1. The summed E-state index contributed by atoms with van der Waals surface area (Å²) in [6.45, 7) is 1.22. The van der Waals surface area contributed by atoms with E-state index in [1.54, 1.807) is 0 Å². The summed E-state index contributed by atoms with van der Waals surface area (Å²) in [5, 5.41) is 1.03. The quantitative estimate of drug-likeness (QED) is 0.271. The molecule has 22 heavy (non-hydrogen) atoms. The van der Waals surface area contributed by atoms with Gasteiger partial charge in [0.1, 0.15) is 12.4 Å². The molecule has 0 fully saturated rings. The van der Waals surface area contributed by atoms with E-state index in [0.29, 0.717) is 6.61 Å². The van der Waals surface area contributed by atoms with Crippen molar-refractivity contribution in [3.8, 4) is 16.9 Å². The Morgan fingerprint density at radius 3 is 2.09 bits per heavy atom. The van der Waals surface area contributed by atoms with Crippen molar-refractivity contribution >= 4 is 15.9 Å². The topological polar surface area (TPSA) is 27.7 Å². The van der Waals surface area contributed by atoms with Crippen molar-refractivity contribution in [1.82, 2.24) is 0 Å². The van der Waals surface area contributed by atoms with E-state index in [-0.39, 0.29) is 0 Å². The summed E-state index contributed by atoms with van der Waals surface area (Å²) in [6.07, 6.45) is 2.20. The predicted molar refractivity (Wildman–Crippen MR) is 92.2 cm³/mol. The van der Waals surface area contributed by atoms with Gasteiger partial charge in [0.25, 0.3) is 0 Å². The van der Waals surface area contributed by atoms with Crippen LogP contribution in [0.25, 0.3) is 11.1 Å². The maximum Gasteiger partial charge on any atom is 0.119 e. The second kappa shape index (κ2) is 9.62. The molecule has 2 aromatic carbocycles. The molecule has 0 bridgehead atoms. The highest BCUT2D eigenvalue weighted by Crippen LogP contribution is 2.23. The van der Waals surface area contributed by atoms with E-state index in [4.69, 9.17) is 9.62 Å². The normalized spacial score (nSPS) is 10.6. The van der Waals surface area contributed by atoms with Crippen molar-refractivity contribution in [3.63, 3.8) is 0 Å². The lowest BCUT2D eigenvalue weighted by molar-refractivity contribution is -0.282. The Labute approximate surface area is 140 Å². The van der Waals surface area contributed by atoms with Crippen LogP contribution in [0.3, 0.4) is 0 Å². The van der Waals surface area contributed by atoms with Gasteiger partial charge in [0.2, 0.25) is 0 Å². The summed E-state index contributed by atoms with van der Waals surface area (Å²) in [5.41, 5.74) is 3.43. The van der Waals surface area contributed by atoms with Crippen LogP contribution in [0.5, 0.6) is 5.75 Å². The van der Waals surface area contributed by atoms with E-state index in [0.717, 1.165) is 36.1 Å². The highest BCUT2D eigenvalue weighted by Gasteiger charge is 2.00. The number of alkyl halides is 1. The van der Waals surface area contributed by atoms with Gasteiger partial charge in [0, 0.05) is 5.33 Å². The van der Waals surface area contributed by atoms with E-state index >= 15 is 0 Å². The number of benzene rings is 2. The van der Waals surface area contributed by atoms with E-state index in [9.17, 15) is 0 Å². The van der Waals surface area contributed by atoms with Gasteiger partial charge >= 0.3 is 0 Å². The summed E-state index contributed by atoms with van der Waals surface area (Å²) in [7, 11) is 1.51. The highest BCUT2D eigenvalue weighted by molar-refractivity contribution is 9.09. The van der Waals surface area contributed by atoms with Gasteiger partial charge in [-0.1, -0.05) is 52.3 Å². The Balaban J connectivity index is 1.92. The largest absolute Gasteiger partial charge is 0.494 e. The first-order valence-corrected chi connectivity index (χ1v) is 8.49. The minimum Gasteiger partial charge on any atom is -0.494 e. The second-order valence-corrected chi connectivity index (χ2v) is 5.69. The van der Waals surface area contributed by atoms with Crippen molar-refractivity contribution in [1.29, 1.82) is 0 Å². The van der Waals surface area contributed by atoms with Crippen LogP contribution >= 0.6 is 15.9 Å². The number of halogens is 1. The van der Waals surface area contributed by atoms with Crippen molar-refractivity contribution in [2.24, 2.45) is 0 Å². The molecule has 0 spiro atoms. The van der Waals surface area contributed by atoms with E-state index in [1.807, 2.05) is 24.3 Å². The van der Waals surface area contributed by atoms with Crippen LogP contribution in [0.1, 0.15) is 18.4 Å². The van der Waals surface area contributed by atoms with Crippen LogP contribution in [0, 0.1) is 0 Å². The van der Waals surface area contributed by atoms with Crippen molar-refractivity contribution in [2.45, 2.75) is 19.4 Å². The minimum atomic E-state index is 0.456. The van der Waals surface area contributed by atoms with Gasteiger partial charge in [-0.25, -0.2) is 9.78 Å². The summed E-state index contributed by atoms with van der Waals surface area (Å²) in [4.78, 5) is 9.52. The molecule has 0 atom stereocenters. The molecule has 0 aliphatic rings. The number of rotatable bonds is 9. The lowest BCUT2D eigenvalue weighted by Gasteiger charge is -2.08. The Morgan fingerprint density at radius 1 is 0.864 bits per heavy atom. The van der Waals surface area contributed by atoms with Gasteiger partial charge in [-0.3, -0.25) is 0 Å². The first kappa shape index (κ1) is 17.0. The van der Waals surface area contributed by atoms with Crippen molar-refractivity contribution in [3.05, 3.63) is 54.1 Å². The molecule has 0 amide bonds. The Morgan fingerprint density at radius 2 is 1.50 bits per heavy atom. The van der Waals surface area contributed by atoms with E-state index in [2.05, 4.69) is 45.1 Å².